The van der Waals surface area contributed by atoms with Crippen molar-refractivity contribution in [3.63, 3.8) is 0 Å². The Bertz CT molecular complexity index is 558. The maximum Gasteiger partial charge on any atom is 0.307 e. The van der Waals surface area contributed by atoms with E-state index in [9.17, 15) is 4.79 Å². The van der Waals surface area contributed by atoms with Gasteiger partial charge in [-0.1, -0.05) is 13.8 Å². The van der Waals surface area contributed by atoms with Crippen LogP contribution < -0.4 is 0 Å². The van der Waals surface area contributed by atoms with E-state index in [4.69, 9.17) is 0 Å². The van der Waals surface area contributed by atoms with E-state index >= 15 is 0 Å². The first-order valence-corrected chi connectivity index (χ1v) is 6.14. The van der Waals surface area contributed by atoms with Gasteiger partial charge in [0.05, 0.1) is 13.5 Å². The van der Waals surface area contributed by atoms with Gasteiger partial charge in [-0.3, -0.25) is 4.79 Å². The van der Waals surface area contributed by atoms with Crippen LogP contribution in [0.15, 0.2) is 24.4 Å². The quantitative estimate of drug-likeness (QED) is 0.779. The lowest BCUT2D eigenvalue weighted by Crippen LogP contribution is -2.10. The number of aromatic nitrogens is 2. The van der Waals surface area contributed by atoms with Gasteiger partial charge in [0.15, 0.2) is 0 Å². The number of rotatable bonds is 4. The zero-order valence-electron chi connectivity index (χ0n) is 11.0. The van der Waals surface area contributed by atoms with Crippen molar-refractivity contribution in [1.82, 2.24) is 9.55 Å². The first kappa shape index (κ1) is 12.6. The molecule has 2 aromatic rings. The molecule has 0 saturated heterocycles. The zero-order chi connectivity index (χ0) is 13.1. The van der Waals surface area contributed by atoms with Gasteiger partial charge in [0.25, 0.3) is 0 Å². The fourth-order valence-corrected chi connectivity index (χ4v) is 2.13. The molecule has 0 aliphatic carbocycles. The van der Waals surface area contributed by atoms with Gasteiger partial charge in [0.1, 0.15) is 5.65 Å². The van der Waals surface area contributed by atoms with E-state index in [0.29, 0.717) is 18.9 Å². The second kappa shape index (κ2) is 5.21. The number of nitrogens with zero attached hydrogens (tertiary/aromatic N) is 2. The van der Waals surface area contributed by atoms with E-state index in [-0.39, 0.29) is 5.97 Å². The Morgan fingerprint density at radius 2 is 2.28 bits per heavy atom. The summed E-state index contributed by atoms with van der Waals surface area (Å²) in [5.41, 5.74) is 2.14. The van der Waals surface area contributed by atoms with Crippen LogP contribution in [-0.2, 0) is 16.1 Å². The minimum Gasteiger partial charge on any atom is -0.469 e. The first-order valence-electron chi connectivity index (χ1n) is 6.14. The molecular weight excluding hydrogens is 228 g/mol. The second-order valence-electron chi connectivity index (χ2n) is 4.62. The fraction of sp³-hybridized carbons (Fsp3) is 0.429. The molecule has 2 heterocycles. The summed E-state index contributed by atoms with van der Waals surface area (Å²) in [6.45, 7) is 4.90. The van der Waals surface area contributed by atoms with E-state index in [1.54, 1.807) is 6.20 Å². The Kier molecular flexibility index (Phi) is 3.65. The molecule has 0 unspecified atom stereocenters. The van der Waals surface area contributed by atoms with E-state index in [2.05, 4.69) is 34.2 Å². The number of hydrogen-bond acceptors (Lipinski definition) is 3. The Labute approximate surface area is 107 Å². The van der Waals surface area contributed by atoms with Gasteiger partial charge in [-0.25, -0.2) is 4.98 Å². The summed E-state index contributed by atoms with van der Waals surface area (Å²) in [6, 6.07) is 6.12. The topological polar surface area (TPSA) is 44.1 Å². The summed E-state index contributed by atoms with van der Waals surface area (Å²) in [5, 5.41) is 1.12. The van der Waals surface area contributed by atoms with E-state index < -0.39 is 0 Å². The smallest absolute Gasteiger partial charge is 0.307 e. The number of methoxy groups -OCH3 is 1. The normalized spacial score (nSPS) is 11.1. The minimum absolute atomic E-state index is 0.192. The maximum absolute atomic E-state index is 11.3. The largest absolute Gasteiger partial charge is 0.469 e. The summed E-state index contributed by atoms with van der Waals surface area (Å²) in [4.78, 5) is 15.7. The molecule has 0 aliphatic heterocycles. The number of carbonyl (C=O) groups is 1. The van der Waals surface area contributed by atoms with Crippen LogP contribution in [0.2, 0.25) is 0 Å². The average Bonchev–Trinajstić information content (AvgIpc) is 2.75. The van der Waals surface area contributed by atoms with Crippen molar-refractivity contribution >= 4 is 17.0 Å². The van der Waals surface area contributed by atoms with Crippen molar-refractivity contribution < 1.29 is 9.53 Å². The summed E-state index contributed by atoms with van der Waals surface area (Å²) in [6.07, 6.45) is 2.15. The summed E-state index contributed by atoms with van der Waals surface area (Å²) >= 11 is 0. The number of esters is 1. The number of carbonyl (C=O) groups excluding carboxylic acids is 1. The standard InChI is InChI=1S/C14H18N2O2/c1-10(2)12-9-11-5-4-7-15-14(11)16(12)8-6-13(17)18-3/h4-5,7,9-10H,6,8H2,1-3H3. The Balaban J connectivity index is 2.39. The molecule has 2 rings (SSSR count). The van der Waals surface area contributed by atoms with Crippen molar-refractivity contribution in [3.05, 3.63) is 30.1 Å². The van der Waals surface area contributed by atoms with Crippen molar-refractivity contribution in [1.29, 1.82) is 0 Å². The Hall–Kier alpha value is -1.84. The number of pyridine rings is 1. The molecule has 0 radical (unpaired) electrons. The second-order valence-corrected chi connectivity index (χ2v) is 4.62. The highest BCUT2D eigenvalue weighted by Crippen LogP contribution is 2.24. The number of hydrogen-bond donors (Lipinski definition) is 0. The van der Waals surface area contributed by atoms with Gasteiger partial charge in [-0.2, -0.15) is 0 Å². The van der Waals surface area contributed by atoms with Crippen LogP contribution in [0.25, 0.3) is 11.0 Å². The highest BCUT2D eigenvalue weighted by atomic mass is 16.5. The summed E-state index contributed by atoms with van der Waals surface area (Å²) in [5.74, 6) is 0.208. The lowest BCUT2D eigenvalue weighted by molar-refractivity contribution is -0.140. The predicted octanol–water partition coefficient (Wildman–Crippen LogP) is 2.72. The van der Waals surface area contributed by atoms with Crippen LogP contribution >= 0.6 is 0 Å². The molecule has 2 aromatic heterocycles. The molecule has 0 N–H and O–H groups in total. The van der Waals surface area contributed by atoms with Gasteiger partial charge in [-0.15, -0.1) is 0 Å². The molecule has 0 atom stereocenters. The van der Waals surface area contributed by atoms with Gasteiger partial charge in [0.2, 0.25) is 0 Å². The van der Waals surface area contributed by atoms with E-state index in [0.717, 1.165) is 11.0 Å². The fourth-order valence-electron chi connectivity index (χ4n) is 2.13. The number of fused-ring (bicyclic) bond motifs is 1. The molecule has 0 saturated carbocycles. The lowest BCUT2D eigenvalue weighted by atomic mass is 10.1. The lowest BCUT2D eigenvalue weighted by Gasteiger charge is -2.11. The Morgan fingerprint density at radius 3 is 2.94 bits per heavy atom. The zero-order valence-corrected chi connectivity index (χ0v) is 11.0. The Morgan fingerprint density at radius 1 is 1.50 bits per heavy atom. The molecule has 18 heavy (non-hydrogen) atoms. The monoisotopic (exact) mass is 246 g/mol. The average molecular weight is 246 g/mol. The van der Waals surface area contributed by atoms with Crippen LogP contribution in [0.5, 0.6) is 0 Å². The number of ether oxygens (including phenoxy) is 1. The van der Waals surface area contributed by atoms with Crippen molar-refractivity contribution in [2.24, 2.45) is 0 Å². The molecule has 4 heteroatoms. The van der Waals surface area contributed by atoms with Crippen molar-refractivity contribution in [2.45, 2.75) is 32.7 Å². The van der Waals surface area contributed by atoms with Crippen molar-refractivity contribution in [2.75, 3.05) is 7.11 Å². The van der Waals surface area contributed by atoms with Gasteiger partial charge in [0, 0.05) is 23.8 Å². The SMILES string of the molecule is COC(=O)CCn1c(C(C)C)cc2cccnc21. The molecule has 4 nitrogen and oxygen atoms in total. The van der Waals surface area contributed by atoms with Crippen LogP contribution in [0.4, 0.5) is 0 Å². The molecule has 0 aromatic carbocycles. The van der Waals surface area contributed by atoms with Crippen LogP contribution in [0, 0.1) is 0 Å². The van der Waals surface area contributed by atoms with Crippen LogP contribution in [-0.4, -0.2) is 22.6 Å². The summed E-state index contributed by atoms with van der Waals surface area (Å²) in [7, 11) is 1.41. The van der Waals surface area contributed by atoms with Gasteiger partial charge < -0.3 is 9.30 Å². The third-order valence-electron chi connectivity index (χ3n) is 3.05. The van der Waals surface area contributed by atoms with E-state index in [1.165, 1.54) is 12.8 Å². The summed E-state index contributed by atoms with van der Waals surface area (Å²) < 4.78 is 6.80. The molecule has 0 spiro atoms. The molecule has 0 amide bonds. The highest BCUT2D eigenvalue weighted by molar-refractivity contribution is 5.78. The molecule has 0 bridgehead atoms. The predicted molar refractivity (Wildman–Crippen MR) is 70.5 cm³/mol. The third kappa shape index (κ3) is 2.37. The van der Waals surface area contributed by atoms with Crippen LogP contribution in [0.3, 0.4) is 0 Å². The molecule has 0 aliphatic rings. The van der Waals surface area contributed by atoms with Gasteiger partial charge >= 0.3 is 5.97 Å². The minimum atomic E-state index is -0.192. The van der Waals surface area contributed by atoms with E-state index in [1.807, 2.05) is 12.1 Å². The molecule has 96 valence electrons. The van der Waals surface area contributed by atoms with Crippen molar-refractivity contribution in [3.8, 4) is 0 Å². The first-order chi connectivity index (χ1) is 8.63. The van der Waals surface area contributed by atoms with Gasteiger partial charge in [-0.05, 0) is 24.1 Å². The maximum atomic E-state index is 11.3. The number of aryl methyl sites for hydroxylation is 1. The molecule has 0 fully saturated rings. The molecular formula is C14H18N2O2. The van der Waals surface area contributed by atoms with Crippen LogP contribution in [0.1, 0.15) is 31.9 Å². The third-order valence-corrected chi connectivity index (χ3v) is 3.05. The highest BCUT2D eigenvalue weighted by Gasteiger charge is 2.13.